The Balaban J connectivity index is 1.62. The van der Waals surface area contributed by atoms with Gasteiger partial charge in [0.15, 0.2) is 0 Å². The van der Waals surface area contributed by atoms with Crippen molar-refractivity contribution in [2.75, 3.05) is 0 Å². The Hall–Kier alpha value is -3.20. The summed E-state index contributed by atoms with van der Waals surface area (Å²) in [6, 6.07) is 24.1. The highest BCUT2D eigenvalue weighted by Crippen LogP contribution is 2.18. The Bertz CT molecular complexity index is 922. The molecule has 0 aliphatic heterocycles. The summed E-state index contributed by atoms with van der Waals surface area (Å²) in [5, 5.41) is 6.29. The molecule has 3 nitrogen and oxygen atoms in total. The molecule has 0 aromatic heterocycles. The number of nitrogens with one attached hydrogen (secondary N) is 1. The maximum Gasteiger partial charge on any atom is 0.244 e. The van der Waals surface area contributed by atoms with E-state index in [0.29, 0.717) is 6.42 Å². The SMILES string of the molecule is CC(=C/c1ccccc1)/C=N/NC(=O)Cc1cccc2ccccc12. The van der Waals surface area contributed by atoms with Gasteiger partial charge in [-0.05, 0) is 34.4 Å². The number of hydrogen-bond acceptors (Lipinski definition) is 2. The van der Waals surface area contributed by atoms with E-state index in [0.717, 1.165) is 27.5 Å². The van der Waals surface area contributed by atoms with Gasteiger partial charge in [0.2, 0.25) is 5.91 Å². The van der Waals surface area contributed by atoms with Crippen LogP contribution in [0.1, 0.15) is 18.1 Å². The zero-order valence-corrected chi connectivity index (χ0v) is 14.1. The Kier molecular flexibility index (Phi) is 5.37. The first-order valence-corrected chi connectivity index (χ1v) is 8.24. The molecule has 0 heterocycles. The normalized spacial score (nSPS) is 11.8. The van der Waals surface area contributed by atoms with Crippen molar-refractivity contribution in [2.24, 2.45) is 5.10 Å². The molecule has 0 aliphatic rings. The number of hydrogen-bond donors (Lipinski definition) is 1. The van der Waals surface area contributed by atoms with Crippen LogP contribution in [0.4, 0.5) is 0 Å². The van der Waals surface area contributed by atoms with E-state index in [1.165, 1.54) is 0 Å². The second-order valence-corrected chi connectivity index (χ2v) is 5.91. The second kappa shape index (κ2) is 8.06. The van der Waals surface area contributed by atoms with Gasteiger partial charge >= 0.3 is 0 Å². The van der Waals surface area contributed by atoms with Gasteiger partial charge in [0.25, 0.3) is 0 Å². The highest BCUT2D eigenvalue weighted by molar-refractivity contribution is 5.91. The summed E-state index contributed by atoms with van der Waals surface area (Å²) in [5.74, 6) is -0.125. The second-order valence-electron chi connectivity index (χ2n) is 5.91. The lowest BCUT2D eigenvalue weighted by molar-refractivity contribution is -0.120. The quantitative estimate of drug-likeness (QED) is 0.540. The van der Waals surface area contributed by atoms with Gasteiger partial charge in [-0.25, -0.2) is 5.43 Å². The Labute approximate surface area is 147 Å². The molecule has 0 unspecified atom stereocenters. The molecule has 0 atom stereocenters. The number of carbonyl (C=O) groups is 1. The van der Waals surface area contributed by atoms with E-state index < -0.39 is 0 Å². The van der Waals surface area contributed by atoms with E-state index in [1.807, 2.05) is 85.8 Å². The molecule has 25 heavy (non-hydrogen) atoms. The van der Waals surface area contributed by atoms with Crippen LogP contribution in [-0.2, 0) is 11.2 Å². The van der Waals surface area contributed by atoms with E-state index in [-0.39, 0.29) is 5.91 Å². The van der Waals surface area contributed by atoms with Crippen molar-refractivity contribution in [2.45, 2.75) is 13.3 Å². The van der Waals surface area contributed by atoms with Gasteiger partial charge in [0.1, 0.15) is 0 Å². The summed E-state index contributed by atoms with van der Waals surface area (Å²) in [6.07, 6.45) is 3.98. The molecule has 1 N–H and O–H groups in total. The fourth-order valence-electron chi connectivity index (χ4n) is 2.71. The zero-order valence-electron chi connectivity index (χ0n) is 14.1. The van der Waals surface area contributed by atoms with E-state index in [4.69, 9.17) is 0 Å². The van der Waals surface area contributed by atoms with Crippen LogP contribution in [0.5, 0.6) is 0 Å². The van der Waals surface area contributed by atoms with Crippen molar-refractivity contribution < 1.29 is 4.79 Å². The van der Waals surface area contributed by atoms with Crippen molar-refractivity contribution in [1.82, 2.24) is 5.43 Å². The average Bonchev–Trinajstić information content (AvgIpc) is 2.63. The zero-order chi connectivity index (χ0) is 17.5. The van der Waals surface area contributed by atoms with Gasteiger partial charge in [0, 0.05) is 0 Å². The molecular weight excluding hydrogens is 308 g/mol. The summed E-state index contributed by atoms with van der Waals surface area (Å²) >= 11 is 0. The molecule has 0 saturated heterocycles. The Morgan fingerprint density at radius 3 is 2.52 bits per heavy atom. The number of benzene rings is 3. The van der Waals surface area contributed by atoms with Crippen LogP contribution in [0, 0.1) is 0 Å². The number of allylic oxidation sites excluding steroid dienone is 1. The third-order valence-corrected chi connectivity index (χ3v) is 3.88. The average molecular weight is 328 g/mol. The summed E-state index contributed by atoms with van der Waals surface area (Å²) < 4.78 is 0. The van der Waals surface area contributed by atoms with E-state index in [9.17, 15) is 4.79 Å². The van der Waals surface area contributed by atoms with Crippen LogP contribution < -0.4 is 5.43 Å². The van der Waals surface area contributed by atoms with Gasteiger partial charge in [0.05, 0.1) is 12.6 Å². The molecule has 3 rings (SSSR count). The highest BCUT2D eigenvalue weighted by Gasteiger charge is 2.05. The minimum Gasteiger partial charge on any atom is -0.273 e. The first-order valence-electron chi connectivity index (χ1n) is 8.24. The number of fused-ring (bicyclic) bond motifs is 1. The third kappa shape index (κ3) is 4.64. The number of carbonyl (C=O) groups excluding carboxylic acids is 1. The van der Waals surface area contributed by atoms with Gasteiger partial charge in [-0.15, -0.1) is 0 Å². The predicted octanol–water partition coefficient (Wildman–Crippen LogP) is 4.59. The maximum absolute atomic E-state index is 12.2. The minimum absolute atomic E-state index is 0.125. The lowest BCUT2D eigenvalue weighted by Crippen LogP contribution is -2.19. The minimum atomic E-state index is -0.125. The standard InChI is InChI=1S/C22H20N2O/c1-17(14-18-8-3-2-4-9-18)16-23-24-22(25)15-20-12-7-11-19-10-5-6-13-21(19)20/h2-14,16H,15H2,1H3,(H,24,25)/b17-14-,23-16+. The highest BCUT2D eigenvalue weighted by atomic mass is 16.2. The van der Waals surface area contributed by atoms with E-state index >= 15 is 0 Å². The molecule has 0 saturated carbocycles. The van der Waals surface area contributed by atoms with Crippen LogP contribution in [0.15, 0.2) is 83.5 Å². The number of nitrogens with zero attached hydrogens (tertiary/aromatic N) is 1. The molecule has 124 valence electrons. The van der Waals surface area contributed by atoms with Crippen LogP contribution in [0.2, 0.25) is 0 Å². The van der Waals surface area contributed by atoms with Crippen LogP contribution in [0.3, 0.4) is 0 Å². The molecule has 1 amide bonds. The topological polar surface area (TPSA) is 41.5 Å². The third-order valence-electron chi connectivity index (χ3n) is 3.88. The fourth-order valence-corrected chi connectivity index (χ4v) is 2.71. The fraction of sp³-hybridized carbons (Fsp3) is 0.0909. The van der Waals surface area contributed by atoms with Crippen molar-refractivity contribution in [3.8, 4) is 0 Å². The van der Waals surface area contributed by atoms with Crippen molar-refractivity contribution in [1.29, 1.82) is 0 Å². The van der Waals surface area contributed by atoms with Crippen molar-refractivity contribution in [3.63, 3.8) is 0 Å². The number of amides is 1. The first-order chi connectivity index (χ1) is 12.2. The summed E-state index contributed by atoms with van der Waals surface area (Å²) in [4.78, 5) is 12.2. The smallest absolute Gasteiger partial charge is 0.244 e. The molecule has 0 spiro atoms. The summed E-state index contributed by atoms with van der Waals surface area (Å²) in [7, 11) is 0. The van der Waals surface area contributed by atoms with Gasteiger partial charge in [-0.3, -0.25) is 4.79 Å². The van der Waals surface area contributed by atoms with E-state index in [2.05, 4.69) is 10.5 Å². The first kappa shape index (κ1) is 16.7. The molecular formula is C22H20N2O. The maximum atomic E-state index is 12.2. The number of rotatable bonds is 5. The number of hydrazone groups is 1. The molecule has 3 aromatic carbocycles. The monoisotopic (exact) mass is 328 g/mol. The van der Waals surface area contributed by atoms with Gasteiger partial charge < -0.3 is 0 Å². The molecule has 0 radical (unpaired) electrons. The molecule has 0 bridgehead atoms. The molecule has 3 aromatic rings. The molecule has 0 fully saturated rings. The largest absolute Gasteiger partial charge is 0.273 e. The lowest BCUT2D eigenvalue weighted by Gasteiger charge is -2.05. The van der Waals surface area contributed by atoms with E-state index in [1.54, 1.807) is 6.21 Å². The predicted molar refractivity (Wildman–Crippen MR) is 104 cm³/mol. The van der Waals surface area contributed by atoms with Gasteiger partial charge in [-0.1, -0.05) is 78.9 Å². The lowest BCUT2D eigenvalue weighted by atomic mass is 10.0. The van der Waals surface area contributed by atoms with Crippen LogP contribution in [0.25, 0.3) is 16.8 Å². The van der Waals surface area contributed by atoms with Crippen LogP contribution in [-0.4, -0.2) is 12.1 Å². The summed E-state index contributed by atoms with van der Waals surface area (Å²) in [6.45, 7) is 1.95. The van der Waals surface area contributed by atoms with Crippen LogP contribution >= 0.6 is 0 Å². The Morgan fingerprint density at radius 1 is 0.960 bits per heavy atom. The molecule has 0 aliphatic carbocycles. The van der Waals surface area contributed by atoms with Crippen molar-refractivity contribution >= 4 is 29.0 Å². The summed E-state index contributed by atoms with van der Waals surface area (Å²) in [5.41, 5.74) is 5.68. The Morgan fingerprint density at radius 2 is 1.68 bits per heavy atom. The molecule has 3 heteroatoms. The van der Waals surface area contributed by atoms with Crippen molar-refractivity contribution in [3.05, 3.63) is 89.5 Å². The van der Waals surface area contributed by atoms with Gasteiger partial charge in [-0.2, -0.15) is 5.10 Å².